The second-order valence-electron chi connectivity index (χ2n) is 16.8. The quantitative estimate of drug-likeness (QED) is 0.165. The summed E-state index contributed by atoms with van der Waals surface area (Å²) in [6.45, 7) is 0. The van der Waals surface area contributed by atoms with Crippen LogP contribution in [0.2, 0.25) is 0 Å². The Morgan fingerprint density at radius 3 is 1.52 bits per heavy atom. The Bertz CT molecular complexity index is 3370. The Balaban J connectivity index is 0.990. The molecule has 0 atom stereocenters. The number of para-hydroxylation sites is 2. The smallest absolute Gasteiger partial charge is 0.0726 e. The molecule has 0 N–H and O–H groups in total. The first kappa shape index (κ1) is 36.8. The number of nitrogens with zero attached hydrogens (tertiary/aromatic N) is 2. The van der Waals surface area contributed by atoms with E-state index in [9.17, 15) is 0 Å². The maximum Gasteiger partial charge on any atom is 0.0726 e. The van der Waals surface area contributed by atoms with E-state index < -0.39 is 5.41 Å². The van der Waals surface area contributed by atoms with Gasteiger partial charge in [0.25, 0.3) is 0 Å². The van der Waals surface area contributed by atoms with E-state index >= 15 is 0 Å². The number of hydrogen-bond acceptors (Lipinski definition) is 3. The monoisotopic (exact) mass is 832 g/mol. The van der Waals surface area contributed by atoms with Crippen molar-refractivity contribution in [3.63, 3.8) is 0 Å². The van der Waals surface area contributed by atoms with E-state index in [0.29, 0.717) is 0 Å². The van der Waals surface area contributed by atoms with E-state index in [4.69, 9.17) is 0 Å². The van der Waals surface area contributed by atoms with Crippen LogP contribution in [0.15, 0.2) is 252 Å². The molecule has 1 aliphatic heterocycles. The summed E-state index contributed by atoms with van der Waals surface area (Å²) in [5, 5.41) is 0. The van der Waals surface area contributed by atoms with Crippen molar-refractivity contribution in [2.45, 2.75) is 15.2 Å². The van der Waals surface area contributed by atoms with Gasteiger partial charge >= 0.3 is 0 Å². The molecule has 0 fully saturated rings. The number of fused-ring (bicyclic) bond motifs is 12. The van der Waals surface area contributed by atoms with Crippen molar-refractivity contribution in [2.24, 2.45) is 0 Å². The molecule has 0 unspecified atom stereocenters. The largest absolute Gasteiger partial charge is 0.310 e. The molecule has 0 radical (unpaired) electrons. The topological polar surface area (TPSA) is 6.48 Å². The van der Waals surface area contributed by atoms with Crippen molar-refractivity contribution in [1.29, 1.82) is 0 Å². The average Bonchev–Trinajstić information content (AvgIpc) is 3.84. The number of rotatable bonds is 6. The first-order valence-electron chi connectivity index (χ1n) is 22.0. The number of anilines is 6. The van der Waals surface area contributed by atoms with Crippen LogP contribution in [-0.2, 0) is 5.41 Å². The molecular weight excluding hydrogens is 793 g/mol. The van der Waals surface area contributed by atoms with Crippen molar-refractivity contribution in [1.82, 2.24) is 0 Å². The Morgan fingerprint density at radius 1 is 0.344 bits per heavy atom. The molecule has 2 nitrogen and oxygen atoms in total. The van der Waals surface area contributed by atoms with Crippen molar-refractivity contribution in [2.75, 3.05) is 9.80 Å². The van der Waals surface area contributed by atoms with Crippen LogP contribution in [0.25, 0.3) is 44.5 Å². The molecule has 1 spiro atoms. The lowest BCUT2D eigenvalue weighted by atomic mass is 9.70. The van der Waals surface area contributed by atoms with Gasteiger partial charge in [0.05, 0.1) is 22.5 Å². The van der Waals surface area contributed by atoms with Crippen LogP contribution in [-0.4, -0.2) is 0 Å². The van der Waals surface area contributed by atoms with Gasteiger partial charge in [-0.25, -0.2) is 0 Å². The third-order valence-electron chi connectivity index (χ3n) is 13.5. The van der Waals surface area contributed by atoms with Gasteiger partial charge < -0.3 is 9.80 Å². The SMILES string of the molecule is c1ccc(-c2ccc(N(c3ccc(-c4cccc5c4Sc4ccccc4N5c4ccccc4)cc3)c3cccc4c3-c3ccccc3C43c4ccccc4-c4ccccc43)cc2)cc1. The number of hydrogen-bond donors (Lipinski definition) is 0. The van der Waals surface area contributed by atoms with Gasteiger partial charge in [0.1, 0.15) is 0 Å². The predicted molar refractivity (Wildman–Crippen MR) is 267 cm³/mol. The zero-order valence-corrected chi connectivity index (χ0v) is 35.7. The van der Waals surface area contributed by atoms with Crippen LogP contribution in [0.1, 0.15) is 22.3 Å². The van der Waals surface area contributed by atoms with Gasteiger partial charge in [0, 0.05) is 32.4 Å². The van der Waals surface area contributed by atoms with Crippen LogP contribution in [0.4, 0.5) is 34.1 Å². The summed E-state index contributed by atoms with van der Waals surface area (Å²) in [5.74, 6) is 0. The van der Waals surface area contributed by atoms with Gasteiger partial charge in [-0.3, -0.25) is 0 Å². The third-order valence-corrected chi connectivity index (χ3v) is 14.7. The molecule has 0 aromatic heterocycles. The minimum absolute atomic E-state index is 0.432. The maximum absolute atomic E-state index is 2.47. The Hall–Kier alpha value is -7.85. The normalized spacial score (nSPS) is 13.3. The minimum Gasteiger partial charge on any atom is -0.310 e. The second-order valence-corrected chi connectivity index (χ2v) is 17.8. The van der Waals surface area contributed by atoms with Gasteiger partial charge in [-0.05, 0) is 122 Å². The van der Waals surface area contributed by atoms with E-state index in [1.807, 2.05) is 11.8 Å². The molecule has 10 aromatic rings. The molecule has 64 heavy (non-hydrogen) atoms. The summed E-state index contributed by atoms with van der Waals surface area (Å²) in [4.78, 5) is 7.38. The molecule has 10 aromatic carbocycles. The van der Waals surface area contributed by atoms with E-state index in [1.54, 1.807) is 0 Å². The molecule has 0 saturated carbocycles. The highest BCUT2D eigenvalue weighted by atomic mass is 32.2. The zero-order valence-electron chi connectivity index (χ0n) is 34.9. The van der Waals surface area contributed by atoms with Crippen molar-refractivity contribution in [3.05, 3.63) is 265 Å². The Kier molecular flexibility index (Phi) is 8.40. The van der Waals surface area contributed by atoms with Gasteiger partial charge in [0.15, 0.2) is 0 Å². The lowest BCUT2D eigenvalue weighted by molar-refractivity contribution is 0.794. The van der Waals surface area contributed by atoms with Crippen molar-refractivity contribution in [3.8, 4) is 44.5 Å². The fourth-order valence-corrected chi connectivity index (χ4v) is 12.0. The molecule has 0 amide bonds. The molecule has 2 aliphatic carbocycles. The first-order valence-corrected chi connectivity index (χ1v) is 22.8. The molecule has 1 heterocycles. The van der Waals surface area contributed by atoms with Gasteiger partial charge in [-0.1, -0.05) is 194 Å². The van der Waals surface area contributed by atoms with Crippen LogP contribution in [0.3, 0.4) is 0 Å². The Labute approximate surface area is 378 Å². The molecule has 0 saturated heterocycles. The molecule has 3 aliphatic rings. The molecule has 13 rings (SSSR count). The number of benzene rings is 10. The minimum atomic E-state index is -0.432. The van der Waals surface area contributed by atoms with Gasteiger partial charge in [0.2, 0.25) is 0 Å². The van der Waals surface area contributed by atoms with E-state index in [0.717, 1.165) is 22.7 Å². The van der Waals surface area contributed by atoms with E-state index in [1.165, 1.54) is 87.9 Å². The van der Waals surface area contributed by atoms with Crippen molar-refractivity contribution < 1.29 is 0 Å². The van der Waals surface area contributed by atoms with E-state index in [-0.39, 0.29) is 0 Å². The molecule has 0 bridgehead atoms. The van der Waals surface area contributed by atoms with Crippen LogP contribution < -0.4 is 9.80 Å². The maximum atomic E-state index is 2.47. The predicted octanol–water partition coefficient (Wildman–Crippen LogP) is 16.8. The van der Waals surface area contributed by atoms with Crippen LogP contribution in [0, 0.1) is 0 Å². The lowest BCUT2D eigenvalue weighted by Gasteiger charge is -2.34. The Morgan fingerprint density at radius 2 is 0.828 bits per heavy atom. The highest BCUT2D eigenvalue weighted by Crippen LogP contribution is 2.65. The average molecular weight is 833 g/mol. The van der Waals surface area contributed by atoms with Crippen molar-refractivity contribution >= 4 is 45.9 Å². The summed E-state index contributed by atoms with van der Waals surface area (Å²) in [6.07, 6.45) is 0. The summed E-state index contributed by atoms with van der Waals surface area (Å²) in [6, 6.07) is 89.4. The highest BCUT2D eigenvalue weighted by molar-refractivity contribution is 8.00. The molecule has 3 heteroatoms. The fourth-order valence-electron chi connectivity index (χ4n) is 10.8. The summed E-state index contributed by atoms with van der Waals surface area (Å²) in [5.41, 5.74) is 21.8. The fraction of sp³-hybridized carbons (Fsp3) is 0.0164. The molecular formula is C61H40N2S. The molecule has 300 valence electrons. The van der Waals surface area contributed by atoms with Crippen LogP contribution >= 0.6 is 11.8 Å². The van der Waals surface area contributed by atoms with Gasteiger partial charge in [-0.15, -0.1) is 0 Å². The zero-order chi connectivity index (χ0) is 42.2. The van der Waals surface area contributed by atoms with E-state index in [2.05, 4.69) is 252 Å². The lowest BCUT2D eigenvalue weighted by Crippen LogP contribution is -2.26. The first-order chi connectivity index (χ1) is 31.8. The third kappa shape index (κ3) is 5.41. The highest BCUT2D eigenvalue weighted by Gasteiger charge is 2.52. The second kappa shape index (κ2) is 14.6. The standard InChI is InChI=1S/C61H40N2S/c1-3-17-41(18-4-1)42-33-37-45(38-34-42)62(46-39-35-43(36-40-46)47-24-15-31-57-60(47)64-58-32-14-13-29-55(58)63(57)44-19-5-2-6-20-44)56-30-16-28-54-59(56)50-23-9-12-27-53(50)61(54)51-25-10-7-21-48(51)49-22-8-11-26-52(49)61/h1-40H. The summed E-state index contributed by atoms with van der Waals surface area (Å²) in [7, 11) is 0. The van der Waals surface area contributed by atoms with Crippen LogP contribution in [0.5, 0.6) is 0 Å². The summed E-state index contributed by atoms with van der Waals surface area (Å²) < 4.78 is 0. The van der Waals surface area contributed by atoms with Gasteiger partial charge in [-0.2, -0.15) is 0 Å². The summed E-state index contributed by atoms with van der Waals surface area (Å²) >= 11 is 1.86.